The van der Waals surface area contributed by atoms with Crippen molar-refractivity contribution in [2.45, 2.75) is 11.8 Å². The lowest BCUT2D eigenvalue weighted by molar-refractivity contribution is 0.596. The topological polar surface area (TPSA) is 51.4 Å². The quantitative estimate of drug-likeness (QED) is 0.664. The Morgan fingerprint density at radius 2 is 1.82 bits per heavy atom. The lowest BCUT2D eigenvalue weighted by Gasteiger charge is -1.99. The molecule has 0 amide bonds. The summed E-state index contributed by atoms with van der Waals surface area (Å²) >= 11 is 4.77. The first-order chi connectivity index (χ1) is 10.4. The summed E-state index contributed by atoms with van der Waals surface area (Å²) in [6.07, 6.45) is 0. The van der Waals surface area contributed by atoms with Gasteiger partial charge in [0.05, 0.1) is 15.1 Å². The first kappa shape index (κ1) is 15.5. The first-order valence-electron chi connectivity index (χ1n) is 6.49. The van der Waals surface area contributed by atoms with Crippen LogP contribution in [0.4, 0.5) is 0 Å². The van der Waals surface area contributed by atoms with Crippen molar-refractivity contribution < 1.29 is 8.42 Å². The fraction of sp³-hybridized carbons (Fsp3) is 0.133. The Balaban J connectivity index is 2.19. The van der Waals surface area contributed by atoms with Crippen molar-refractivity contribution in [3.63, 3.8) is 0 Å². The van der Waals surface area contributed by atoms with Crippen LogP contribution in [0.25, 0.3) is 10.2 Å². The summed E-state index contributed by atoms with van der Waals surface area (Å²) in [5.74, 6) is 0. The van der Waals surface area contributed by atoms with Crippen molar-refractivity contribution in [1.82, 2.24) is 4.57 Å². The minimum absolute atomic E-state index is 0.205. The number of benzene rings is 2. The third-order valence-corrected chi connectivity index (χ3v) is 6.27. The highest BCUT2D eigenvalue weighted by molar-refractivity contribution is 9.10. The molecule has 0 aliphatic carbocycles. The van der Waals surface area contributed by atoms with Crippen molar-refractivity contribution in [3.8, 4) is 0 Å². The van der Waals surface area contributed by atoms with Gasteiger partial charge in [-0.1, -0.05) is 45.0 Å². The van der Waals surface area contributed by atoms with Crippen molar-refractivity contribution in [2.75, 3.05) is 0 Å². The number of sulfonamides is 1. The number of hydrogen-bond donors (Lipinski definition) is 0. The van der Waals surface area contributed by atoms with E-state index in [1.807, 2.05) is 32.2 Å². The third-order valence-electron chi connectivity index (χ3n) is 3.29. The number of thiazole rings is 1. The highest BCUT2D eigenvalue weighted by atomic mass is 79.9. The maximum absolute atomic E-state index is 12.4. The second-order valence-electron chi connectivity index (χ2n) is 4.94. The molecule has 114 valence electrons. The van der Waals surface area contributed by atoms with E-state index in [0.29, 0.717) is 4.80 Å². The zero-order chi connectivity index (χ0) is 15.9. The molecule has 1 aromatic heterocycles. The number of hydrogen-bond acceptors (Lipinski definition) is 3. The van der Waals surface area contributed by atoms with Crippen LogP contribution in [-0.2, 0) is 17.1 Å². The smallest absolute Gasteiger partial charge is 0.285 e. The maximum Gasteiger partial charge on any atom is 0.285 e. The van der Waals surface area contributed by atoms with Crippen LogP contribution < -0.4 is 4.80 Å². The molecule has 0 aliphatic heterocycles. The molecule has 0 N–H and O–H groups in total. The van der Waals surface area contributed by atoms with Gasteiger partial charge in [-0.3, -0.25) is 0 Å². The Labute approximate surface area is 140 Å². The van der Waals surface area contributed by atoms with E-state index in [9.17, 15) is 8.42 Å². The predicted molar refractivity (Wildman–Crippen MR) is 92.4 cm³/mol. The van der Waals surface area contributed by atoms with Crippen molar-refractivity contribution >= 4 is 47.5 Å². The van der Waals surface area contributed by atoms with Gasteiger partial charge >= 0.3 is 0 Å². The van der Waals surface area contributed by atoms with Crippen molar-refractivity contribution in [1.29, 1.82) is 0 Å². The van der Waals surface area contributed by atoms with Gasteiger partial charge in [0, 0.05) is 11.5 Å². The van der Waals surface area contributed by atoms with Gasteiger partial charge < -0.3 is 4.57 Å². The van der Waals surface area contributed by atoms with Crippen LogP contribution in [0.15, 0.2) is 56.2 Å². The average Bonchev–Trinajstić information content (AvgIpc) is 2.74. The van der Waals surface area contributed by atoms with Crippen LogP contribution in [-0.4, -0.2) is 13.0 Å². The van der Waals surface area contributed by atoms with E-state index in [1.54, 1.807) is 28.8 Å². The van der Waals surface area contributed by atoms with Crippen LogP contribution in [0, 0.1) is 6.92 Å². The van der Waals surface area contributed by atoms with Gasteiger partial charge in [-0.15, -0.1) is 4.40 Å². The van der Waals surface area contributed by atoms with Gasteiger partial charge in [-0.2, -0.15) is 8.42 Å². The first-order valence-corrected chi connectivity index (χ1v) is 9.54. The van der Waals surface area contributed by atoms with Gasteiger partial charge in [0.2, 0.25) is 4.80 Å². The normalized spacial score (nSPS) is 13.0. The molecule has 0 atom stereocenters. The lowest BCUT2D eigenvalue weighted by Crippen LogP contribution is -2.13. The third kappa shape index (κ3) is 2.88. The Kier molecular flexibility index (Phi) is 3.96. The standard InChI is InChI=1S/C15H13BrN2O2S2/c1-10-3-6-12(7-4-10)22(19,20)17-15-18(2)13-8-5-11(16)9-14(13)21-15/h3-9H,1-2H3/b17-15-. The number of rotatable bonds is 2. The molecule has 0 unspecified atom stereocenters. The Morgan fingerprint density at radius 1 is 1.14 bits per heavy atom. The Hall–Kier alpha value is -1.44. The average molecular weight is 397 g/mol. The molecule has 7 heteroatoms. The highest BCUT2D eigenvalue weighted by Gasteiger charge is 2.13. The van der Waals surface area contributed by atoms with Crippen LogP contribution >= 0.6 is 27.3 Å². The van der Waals surface area contributed by atoms with E-state index in [0.717, 1.165) is 20.3 Å². The number of nitrogens with zero attached hydrogens (tertiary/aromatic N) is 2. The van der Waals surface area contributed by atoms with Crippen LogP contribution in [0.3, 0.4) is 0 Å². The molecule has 0 aliphatic rings. The van der Waals surface area contributed by atoms with Gasteiger partial charge in [-0.05, 0) is 37.3 Å². The zero-order valence-corrected chi connectivity index (χ0v) is 15.2. The number of aryl methyl sites for hydroxylation is 2. The van der Waals surface area contributed by atoms with Gasteiger partial charge in [0.1, 0.15) is 0 Å². The van der Waals surface area contributed by atoms with Gasteiger partial charge in [0.25, 0.3) is 10.0 Å². The minimum atomic E-state index is -3.71. The van der Waals surface area contributed by atoms with E-state index >= 15 is 0 Å². The number of fused-ring (bicyclic) bond motifs is 1. The Morgan fingerprint density at radius 3 is 2.50 bits per heavy atom. The van der Waals surface area contributed by atoms with Gasteiger partial charge in [0.15, 0.2) is 0 Å². The number of aromatic nitrogens is 1. The summed E-state index contributed by atoms with van der Waals surface area (Å²) in [5.41, 5.74) is 1.96. The molecule has 0 fully saturated rings. The zero-order valence-electron chi connectivity index (χ0n) is 11.9. The van der Waals surface area contributed by atoms with E-state index in [2.05, 4.69) is 20.3 Å². The summed E-state index contributed by atoms with van der Waals surface area (Å²) in [6, 6.07) is 12.5. The fourth-order valence-corrected chi connectivity index (χ4v) is 4.86. The maximum atomic E-state index is 12.4. The van der Waals surface area contributed by atoms with E-state index in [1.165, 1.54) is 11.3 Å². The van der Waals surface area contributed by atoms with E-state index in [-0.39, 0.29) is 4.90 Å². The van der Waals surface area contributed by atoms with Crippen molar-refractivity contribution in [2.24, 2.45) is 11.4 Å². The van der Waals surface area contributed by atoms with E-state index in [4.69, 9.17) is 0 Å². The second-order valence-corrected chi connectivity index (χ2v) is 8.46. The summed E-state index contributed by atoms with van der Waals surface area (Å²) in [5, 5.41) is 0. The molecule has 3 aromatic rings. The monoisotopic (exact) mass is 396 g/mol. The largest absolute Gasteiger partial charge is 0.319 e. The molecule has 0 bridgehead atoms. The van der Waals surface area contributed by atoms with Crippen LogP contribution in [0.2, 0.25) is 0 Å². The molecule has 2 aromatic carbocycles. The SMILES string of the molecule is Cc1ccc(S(=O)(=O)/N=c2\sc3cc(Br)ccc3n2C)cc1. The summed E-state index contributed by atoms with van der Waals surface area (Å²) < 4.78 is 32.6. The van der Waals surface area contributed by atoms with E-state index < -0.39 is 10.0 Å². The Bertz CT molecular complexity index is 1020. The molecule has 1 heterocycles. The second kappa shape index (κ2) is 5.64. The van der Waals surface area contributed by atoms with Crippen molar-refractivity contribution in [3.05, 3.63) is 57.3 Å². The molecule has 22 heavy (non-hydrogen) atoms. The van der Waals surface area contributed by atoms with Gasteiger partial charge in [-0.25, -0.2) is 0 Å². The lowest BCUT2D eigenvalue weighted by atomic mass is 10.2. The molecule has 4 nitrogen and oxygen atoms in total. The molecule has 0 saturated heterocycles. The summed E-state index contributed by atoms with van der Waals surface area (Å²) in [4.78, 5) is 0.658. The molecule has 3 rings (SSSR count). The predicted octanol–water partition coefficient (Wildman–Crippen LogP) is 3.60. The minimum Gasteiger partial charge on any atom is -0.319 e. The summed E-state index contributed by atoms with van der Waals surface area (Å²) in [7, 11) is -1.89. The molecule has 0 radical (unpaired) electrons. The van der Waals surface area contributed by atoms with Crippen LogP contribution in [0.5, 0.6) is 0 Å². The number of halogens is 1. The summed E-state index contributed by atoms with van der Waals surface area (Å²) in [6.45, 7) is 1.91. The molecule has 0 saturated carbocycles. The molecular formula is C15H13BrN2O2S2. The molecular weight excluding hydrogens is 384 g/mol. The fourth-order valence-electron chi connectivity index (χ4n) is 2.06. The molecule has 0 spiro atoms. The highest BCUT2D eigenvalue weighted by Crippen LogP contribution is 2.22. The van der Waals surface area contributed by atoms with Crippen LogP contribution in [0.1, 0.15) is 5.56 Å².